The molecule has 0 aliphatic rings. The fourth-order valence-electron chi connectivity index (χ4n) is 1.02. The summed E-state index contributed by atoms with van der Waals surface area (Å²) in [7, 11) is 1.79. The summed E-state index contributed by atoms with van der Waals surface area (Å²) in [5.74, 6) is -1.76. The molecular formula is C9H10ClF2N. The lowest BCUT2D eigenvalue weighted by Crippen LogP contribution is -2.10. The molecule has 0 saturated heterocycles. The molecule has 0 aliphatic carbocycles. The Balaban J connectivity index is 2.88. The molecule has 0 heterocycles. The van der Waals surface area contributed by atoms with E-state index in [2.05, 4.69) is 5.32 Å². The Morgan fingerprint density at radius 2 is 1.92 bits per heavy atom. The highest BCUT2D eigenvalue weighted by atomic mass is 35.5. The van der Waals surface area contributed by atoms with Crippen LogP contribution in [0.5, 0.6) is 0 Å². The van der Waals surface area contributed by atoms with E-state index in [0.717, 1.165) is 12.1 Å². The maximum Gasteiger partial charge on any atom is 0.160 e. The van der Waals surface area contributed by atoms with Crippen molar-refractivity contribution in [2.24, 2.45) is 0 Å². The molecule has 1 aromatic rings. The minimum absolute atomic E-state index is 0.272. The van der Waals surface area contributed by atoms with E-state index in [9.17, 15) is 8.78 Å². The molecule has 4 heteroatoms. The van der Waals surface area contributed by atoms with Crippen LogP contribution in [-0.2, 0) is 6.42 Å². The third-order valence-electron chi connectivity index (χ3n) is 1.73. The Morgan fingerprint density at radius 1 is 1.31 bits per heavy atom. The molecular weight excluding hydrogens is 196 g/mol. The lowest BCUT2D eigenvalue weighted by molar-refractivity contribution is 0.507. The molecule has 1 aromatic carbocycles. The molecule has 1 nitrogen and oxygen atoms in total. The molecule has 13 heavy (non-hydrogen) atoms. The lowest BCUT2D eigenvalue weighted by Gasteiger charge is -2.04. The second-order valence-corrected chi connectivity index (χ2v) is 3.12. The first-order chi connectivity index (χ1) is 6.15. The van der Waals surface area contributed by atoms with Crippen LogP contribution in [0.3, 0.4) is 0 Å². The standard InChI is InChI=1S/C9H10ClF2N/c1-13-3-2-6-4-8(11)9(12)5-7(6)10/h4-5,13H,2-3H2,1H3. The summed E-state index contributed by atoms with van der Waals surface area (Å²) in [6, 6.07) is 2.14. The Bertz CT molecular complexity index is 302. The average molecular weight is 206 g/mol. The van der Waals surface area contributed by atoms with Crippen LogP contribution >= 0.6 is 11.6 Å². The lowest BCUT2D eigenvalue weighted by atomic mass is 10.1. The first-order valence-corrected chi connectivity index (χ1v) is 4.31. The third kappa shape index (κ3) is 2.64. The van der Waals surface area contributed by atoms with Crippen molar-refractivity contribution in [3.8, 4) is 0 Å². The molecule has 1 N–H and O–H groups in total. The van der Waals surface area contributed by atoms with E-state index in [1.165, 1.54) is 0 Å². The number of hydrogen-bond donors (Lipinski definition) is 1. The van der Waals surface area contributed by atoms with Crippen LogP contribution in [0.1, 0.15) is 5.56 Å². The van der Waals surface area contributed by atoms with Gasteiger partial charge in [0.15, 0.2) is 11.6 Å². The highest BCUT2D eigenvalue weighted by Crippen LogP contribution is 2.20. The minimum atomic E-state index is -0.904. The maximum atomic E-state index is 12.7. The smallest absolute Gasteiger partial charge is 0.160 e. The molecule has 0 spiro atoms. The van der Waals surface area contributed by atoms with E-state index in [0.29, 0.717) is 18.5 Å². The molecule has 0 atom stereocenters. The summed E-state index contributed by atoms with van der Waals surface area (Å²) in [5, 5.41) is 3.17. The first kappa shape index (κ1) is 10.4. The second-order valence-electron chi connectivity index (χ2n) is 2.71. The van der Waals surface area contributed by atoms with Crippen molar-refractivity contribution in [3.05, 3.63) is 34.4 Å². The highest BCUT2D eigenvalue weighted by molar-refractivity contribution is 6.31. The number of hydrogen-bond acceptors (Lipinski definition) is 1. The third-order valence-corrected chi connectivity index (χ3v) is 2.09. The van der Waals surface area contributed by atoms with Crippen LogP contribution in [0.4, 0.5) is 8.78 Å². The molecule has 0 fully saturated rings. The van der Waals surface area contributed by atoms with Crippen molar-refractivity contribution in [2.45, 2.75) is 6.42 Å². The van der Waals surface area contributed by atoms with Gasteiger partial charge in [-0.1, -0.05) is 11.6 Å². The molecule has 0 unspecified atom stereocenters. The van der Waals surface area contributed by atoms with Gasteiger partial charge in [-0.2, -0.15) is 0 Å². The summed E-state index contributed by atoms with van der Waals surface area (Å²) in [6.07, 6.45) is 0.590. The first-order valence-electron chi connectivity index (χ1n) is 3.93. The van der Waals surface area contributed by atoms with Crippen molar-refractivity contribution in [3.63, 3.8) is 0 Å². The number of halogens is 3. The number of rotatable bonds is 3. The van der Waals surface area contributed by atoms with E-state index in [-0.39, 0.29) is 5.02 Å². The zero-order chi connectivity index (χ0) is 9.84. The van der Waals surface area contributed by atoms with Crippen LogP contribution in [0.25, 0.3) is 0 Å². The van der Waals surface area contributed by atoms with Gasteiger partial charge >= 0.3 is 0 Å². The van der Waals surface area contributed by atoms with Crippen molar-refractivity contribution < 1.29 is 8.78 Å². The average Bonchev–Trinajstić information content (AvgIpc) is 2.09. The predicted molar refractivity (Wildman–Crippen MR) is 49.0 cm³/mol. The van der Waals surface area contributed by atoms with E-state index in [1.54, 1.807) is 7.05 Å². The van der Waals surface area contributed by atoms with Gasteiger partial charge in [0, 0.05) is 5.02 Å². The molecule has 0 amide bonds. The fourth-order valence-corrected chi connectivity index (χ4v) is 1.26. The van der Waals surface area contributed by atoms with Gasteiger partial charge in [-0.25, -0.2) is 8.78 Å². The summed E-state index contributed by atoms with van der Waals surface area (Å²) in [5.41, 5.74) is 0.620. The minimum Gasteiger partial charge on any atom is -0.319 e. The quantitative estimate of drug-likeness (QED) is 0.748. The van der Waals surface area contributed by atoms with Gasteiger partial charge in [-0.05, 0) is 37.7 Å². The largest absolute Gasteiger partial charge is 0.319 e. The fraction of sp³-hybridized carbons (Fsp3) is 0.333. The topological polar surface area (TPSA) is 12.0 Å². The zero-order valence-electron chi connectivity index (χ0n) is 7.20. The molecule has 0 saturated carbocycles. The SMILES string of the molecule is CNCCc1cc(F)c(F)cc1Cl. The van der Waals surface area contributed by atoms with E-state index in [1.807, 2.05) is 0 Å². The van der Waals surface area contributed by atoms with Crippen molar-refractivity contribution in [1.82, 2.24) is 5.32 Å². The maximum absolute atomic E-state index is 12.7. The number of nitrogens with one attached hydrogen (secondary N) is 1. The van der Waals surface area contributed by atoms with Crippen LogP contribution in [0.2, 0.25) is 5.02 Å². The van der Waals surface area contributed by atoms with Gasteiger partial charge in [0.2, 0.25) is 0 Å². The number of likely N-dealkylation sites (N-methyl/N-ethyl adjacent to an activating group) is 1. The Hall–Kier alpha value is -0.670. The van der Waals surface area contributed by atoms with Crippen LogP contribution in [0, 0.1) is 11.6 Å². The van der Waals surface area contributed by atoms with Crippen LogP contribution in [-0.4, -0.2) is 13.6 Å². The molecule has 0 bridgehead atoms. The molecule has 0 aromatic heterocycles. The second kappa shape index (κ2) is 4.53. The highest BCUT2D eigenvalue weighted by Gasteiger charge is 2.07. The van der Waals surface area contributed by atoms with Gasteiger partial charge in [-0.3, -0.25) is 0 Å². The van der Waals surface area contributed by atoms with Gasteiger partial charge < -0.3 is 5.32 Å². The molecule has 0 radical (unpaired) electrons. The summed E-state index contributed by atoms with van der Waals surface area (Å²) >= 11 is 5.70. The Morgan fingerprint density at radius 3 is 2.54 bits per heavy atom. The van der Waals surface area contributed by atoms with Crippen LogP contribution < -0.4 is 5.32 Å². The van der Waals surface area contributed by atoms with Gasteiger partial charge in [0.1, 0.15) is 0 Å². The van der Waals surface area contributed by atoms with E-state index in [4.69, 9.17) is 11.6 Å². The Labute approximate surface area is 80.7 Å². The zero-order valence-corrected chi connectivity index (χ0v) is 7.96. The normalized spacial score (nSPS) is 10.5. The van der Waals surface area contributed by atoms with Gasteiger partial charge in [0.05, 0.1) is 0 Å². The Kier molecular flexibility index (Phi) is 3.63. The van der Waals surface area contributed by atoms with Gasteiger partial charge in [0.25, 0.3) is 0 Å². The van der Waals surface area contributed by atoms with E-state index >= 15 is 0 Å². The van der Waals surface area contributed by atoms with Crippen molar-refractivity contribution >= 4 is 11.6 Å². The van der Waals surface area contributed by atoms with Crippen LogP contribution in [0.15, 0.2) is 12.1 Å². The monoisotopic (exact) mass is 205 g/mol. The summed E-state index contributed by atoms with van der Waals surface area (Å²) < 4.78 is 25.3. The van der Waals surface area contributed by atoms with Crippen molar-refractivity contribution in [2.75, 3.05) is 13.6 Å². The molecule has 72 valence electrons. The molecule has 1 rings (SSSR count). The number of benzene rings is 1. The summed E-state index contributed by atoms with van der Waals surface area (Å²) in [4.78, 5) is 0. The predicted octanol–water partition coefficient (Wildman–Crippen LogP) is 2.38. The molecule has 0 aliphatic heterocycles. The summed E-state index contributed by atoms with van der Waals surface area (Å²) in [6.45, 7) is 0.685. The van der Waals surface area contributed by atoms with Gasteiger partial charge in [-0.15, -0.1) is 0 Å². The van der Waals surface area contributed by atoms with E-state index < -0.39 is 11.6 Å². The van der Waals surface area contributed by atoms with Crippen molar-refractivity contribution in [1.29, 1.82) is 0 Å².